The third-order valence-corrected chi connectivity index (χ3v) is 4.23. The summed E-state index contributed by atoms with van der Waals surface area (Å²) < 4.78 is 29.7. The van der Waals surface area contributed by atoms with Crippen molar-refractivity contribution in [3.8, 4) is 5.75 Å². The Morgan fingerprint density at radius 1 is 1.10 bits per heavy atom. The van der Waals surface area contributed by atoms with Gasteiger partial charge in [-0.1, -0.05) is 12.1 Å². The van der Waals surface area contributed by atoms with E-state index in [0.29, 0.717) is 6.04 Å². The zero-order valence-electron chi connectivity index (χ0n) is 11.5. The molecule has 2 heterocycles. The van der Waals surface area contributed by atoms with Crippen LogP contribution in [0, 0.1) is 0 Å². The third-order valence-electron chi connectivity index (χ3n) is 4.23. The molecule has 0 aliphatic carbocycles. The van der Waals surface area contributed by atoms with Crippen LogP contribution in [0.15, 0.2) is 24.3 Å². The smallest absolute Gasteiger partial charge is 0.387 e. The van der Waals surface area contributed by atoms with Crippen LogP contribution in [0.3, 0.4) is 0 Å². The lowest BCUT2D eigenvalue weighted by Crippen LogP contribution is -2.36. The number of rotatable bonds is 3. The first-order chi connectivity index (χ1) is 9.74. The molecule has 2 aliphatic heterocycles. The number of benzene rings is 1. The van der Waals surface area contributed by atoms with Gasteiger partial charge < -0.3 is 9.64 Å². The van der Waals surface area contributed by atoms with Crippen LogP contribution in [0.2, 0.25) is 0 Å². The molecule has 1 aromatic carbocycles. The van der Waals surface area contributed by atoms with Crippen molar-refractivity contribution in [3.63, 3.8) is 0 Å². The molecule has 0 saturated carbocycles. The Hall–Kier alpha value is -1.36. The number of ether oxygens (including phenoxy) is 1. The summed E-state index contributed by atoms with van der Waals surface area (Å²) in [7, 11) is 0. The van der Waals surface area contributed by atoms with Crippen LogP contribution in [0.5, 0.6) is 5.75 Å². The average molecular weight is 282 g/mol. The van der Waals surface area contributed by atoms with Crippen molar-refractivity contribution in [2.75, 3.05) is 31.1 Å². The van der Waals surface area contributed by atoms with Crippen LogP contribution in [0.25, 0.3) is 0 Å². The molecule has 0 amide bonds. The second kappa shape index (κ2) is 5.95. The summed E-state index contributed by atoms with van der Waals surface area (Å²) in [5.74, 6) is 0.286. The quantitative estimate of drug-likeness (QED) is 0.847. The molecule has 0 N–H and O–H groups in total. The van der Waals surface area contributed by atoms with Crippen molar-refractivity contribution in [1.29, 1.82) is 0 Å². The zero-order chi connectivity index (χ0) is 13.9. The topological polar surface area (TPSA) is 15.7 Å². The van der Waals surface area contributed by atoms with Crippen molar-refractivity contribution in [2.24, 2.45) is 0 Å². The average Bonchev–Trinajstić information content (AvgIpc) is 2.76. The summed E-state index contributed by atoms with van der Waals surface area (Å²) >= 11 is 0. The Balaban J connectivity index is 1.80. The Kier molecular flexibility index (Phi) is 4.05. The molecule has 1 atom stereocenters. The van der Waals surface area contributed by atoms with Gasteiger partial charge in [-0.05, 0) is 37.9 Å². The summed E-state index contributed by atoms with van der Waals surface area (Å²) in [6.07, 6.45) is 3.52. The molecular formula is C15H20F2N2O. The van der Waals surface area contributed by atoms with Crippen LogP contribution in [-0.4, -0.2) is 43.7 Å². The molecule has 2 saturated heterocycles. The van der Waals surface area contributed by atoms with Crippen LogP contribution >= 0.6 is 0 Å². The van der Waals surface area contributed by atoms with Gasteiger partial charge >= 0.3 is 6.61 Å². The fourth-order valence-corrected chi connectivity index (χ4v) is 3.34. The van der Waals surface area contributed by atoms with Gasteiger partial charge in [0.2, 0.25) is 0 Å². The van der Waals surface area contributed by atoms with E-state index in [2.05, 4.69) is 14.5 Å². The first-order valence-electron chi connectivity index (χ1n) is 7.27. The SMILES string of the molecule is FC(F)Oc1ccccc1N1CCCN2CCCC2C1. The number of hydrogen-bond donors (Lipinski definition) is 0. The monoisotopic (exact) mass is 282 g/mol. The Morgan fingerprint density at radius 3 is 2.75 bits per heavy atom. The lowest BCUT2D eigenvalue weighted by molar-refractivity contribution is -0.0495. The summed E-state index contributed by atoms with van der Waals surface area (Å²) in [5, 5.41) is 0. The molecule has 20 heavy (non-hydrogen) atoms. The minimum absolute atomic E-state index is 0.286. The fraction of sp³-hybridized carbons (Fsp3) is 0.600. The van der Waals surface area contributed by atoms with E-state index in [-0.39, 0.29) is 5.75 Å². The highest BCUT2D eigenvalue weighted by Gasteiger charge is 2.29. The number of alkyl halides is 2. The predicted molar refractivity (Wildman–Crippen MR) is 74.5 cm³/mol. The van der Waals surface area contributed by atoms with Gasteiger partial charge in [-0.15, -0.1) is 0 Å². The van der Waals surface area contributed by atoms with Crippen molar-refractivity contribution in [3.05, 3.63) is 24.3 Å². The number of para-hydroxylation sites is 2. The first-order valence-corrected chi connectivity index (χ1v) is 7.27. The maximum atomic E-state index is 12.5. The van der Waals surface area contributed by atoms with Gasteiger partial charge in [0.25, 0.3) is 0 Å². The Morgan fingerprint density at radius 2 is 1.90 bits per heavy atom. The van der Waals surface area contributed by atoms with Gasteiger partial charge in [-0.2, -0.15) is 8.78 Å². The van der Waals surface area contributed by atoms with E-state index in [1.807, 2.05) is 12.1 Å². The highest BCUT2D eigenvalue weighted by molar-refractivity contribution is 5.58. The molecule has 2 aliphatic rings. The van der Waals surface area contributed by atoms with Crippen LogP contribution < -0.4 is 9.64 Å². The van der Waals surface area contributed by atoms with E-state index in [9.17, 15) is 8.78 Å². The number of halogens is 2. The van der Waals surface area contributed by atoms with E-state index in [0.717, 1.165) is 31.7 Å². The van der Waals surface area contributed by atoms with Crippen molar-refractivity contribution < 1.29 is 13.5 Å². The van der Waals surface area contributed by atoms with Gasteiger partial charge in [-0.3, -0.25) is 4.90 Å². The molecule has 0 radical (unpaired) electrons. The summed E-state index contributed by atoms with van der Waals surface area (Å²) in [6, 6.07) is 7.67. The van der Waals surface area contributed by atoms with Gasteiger partial charge in [0.1, 0.15) is 5.75 Å². The lowest BCUT2D eigenvalue weighted by atomic mass is 10.2. The van der Waals surface area contributed by atoms with E-state index in [4.69, 9.17) is 0 Å². The second-order valence-electron chi connectivity index (χ2n) is 5.48. The molecule has 0 aromatic heterocycles. The van der Waals surface area contributed by atoms with E-state index in [1.165, 1.54) is 19.4 Å². The van der Waals surface area contributed by atoms with Crippen LogP contribution in [0.4, 0.5) is 14.5 Å². The molecule has 110 valence electrons. The Labute approximate surface area is 118 Å². The molecule has 3 nitrogen and oxygen atoms in total. The fourth-order valence-electron chi connectivity index (χ4n) is 3.34. The molecule has 5 heteroatoms. The van der Waals surface area contributed by atoms with E-state index in [1.54, 1.807) is 12.1 Å². The molecule has 0 spiro atoms. The maximum absolute atomic E-state index is 12.5. The summed E-state index contributed by atoms with van der Waals surface area (Å²) in [6.45, 7) is 1.32. The Bertz CT molecular complexity index is 455. The van der Waals surface area contributed by atoms with Gasteiger partial charge in [0.05, 0.1) is 5.69 Å². The first kappa shape index (κ1) is 13.6. The number of nitrogens with zero attached hydrogens (tertiary/aromatic N) is 2. The minimum atomic E-state index is -2.77. The van der Waals surface area contributed by atoms with Crippen molar-refractivity contribution >= 4 is 5.69 Å². The van der Waals surface area contributed by atoms with Crippen LogP contribution in [0.1, 0.15) is 19.3 Å². The number of hydrogen-bond acceptors (Lipinski definition) is 3. The van der Waals surface area contributed by atoms with Crippen molar-refractivity contribution in [2.45, 2.75) is 31.9 Å². The van der Waals surface area contributed by atoms with Crippen molar-refractivity contribution in [1.82, 2.24) is 4.90 Å². The molecular weight excluding hydrogens is 262 g/mol. The molecule has 2 fully saturated rings. The summed E-state index contributed by atoms with van der Waals surface area (Å²) in [4.78, 5) is 4.73. The normalized spacial score (nSPS) is 23.8. The van der Waals surface area contributed by atoms with E-state index >= 15 is 0 Å². The zero-order valence-corrected chi connectivity index (χ0v) is 11.5. The predicted octanol–water partition coefficient (Wildman–Crippen LogP) is 2.96. The summed E-state index contributed by atoms with van der Waals surface area (Å²) in [5.41, 5.74) is 0.793. The lowest BCUT2D eigenvalue weighted by Gasteiger charge is -2.28. The molecule has 1 unspecified atom stereocenters. The largest absolute Gasteiger partial charge is 0.433 e. The van der Waals surface area contributed by atoms with E-state index < -0.39 is 6.61 Å². The molecule has 3 rings (SSSR count). The van der Waals surface area contributed by atoms with Gasteiger partial charge in [0.15, 0.2) is 0 Å². The molecule has 0 bridgehead atoms. The minimum Gasteiger partial charge on any atom is -0.433 e. The highest BCUT2D eigenvalue weighted by atomic mass is 19.3. The van der Waals surface area contributed by atoms with Gasteiger partial charge in [-0.25, -0.2) is 0 Å². The number of fused-ring (bicyclic) bond motifs is 1. The highest BCUT2D eigenvalue weighted by Crippen LogP contribution is 2.32. The van der Waals surface area contributed by atoms with Crippen LogP contribution in [-0.2, 0) is 0 Å². The molecule has 1 aromatic rings. The number of anilines is 1. The second-order valence-corrected chi connectivity index (χ2v) is 5.48. The maximum Gasteiger partial charge on any atom is 0.387 e. The third kappa shape index (κ3) is 2.87. The standard InChI is InChI=1S/C15H20F2N2O/c16-15(17)20-14-7-2-1-6-13(14)19-10-4-9-18-8-3-5-12(18)11-19/h1-2,6-7,12,15H,3-5,8-11H2. The van der Waals surface area contributed by atoms with Gasteiger partial charge in [0, 0.05) is 25.7 Å².